The van der Waals surface area contributed by atoms with Gasteiger partial charge in [0.25, 0.3) is 0 Å². The first-order valence-electron chi connectivity index (χ1n) is 15.4. The zero-order valence-electron chi connectivity index (χ0n) is 25.2. The maximum atomic E-state index is 13.7. The van der Waals surface area contributed by atoms with E-state index in [-0.39, 0.29) is 5.75 Å². The summed E-state index contributed by atoms with van der Waals surface area (Å²) in [4.78, 5) is 7.48. The Labute approximate surface area is 256 Å². The molecule has 1 aliphatic rings. The molecule has 0 N–H and O–H groups in total. The van der Waals surface area contributed by atoms with E-state index in [0.717, 1.165) is 86.3 Å². The van der Waals surface area contributed by atoms with Crippen LogP contribution in [-0.2, 0) is 6.18 Å². The van der Waals surface area contributed by atoms with Gasteiger partial charge in [0.15, 0.2) is 0 Å². The number of hydrogen-bond acceptors (Lipinski definition) is 4. The Morgan fingerprint density at radius 3 is 2.18 bits per heavy atom. The highest BCUT2D eigenvalue weighted by molar-refractivity contribution is 5.61. The molecule has 0 saturated heterocycles. The molecule has 4 aromatic rings. The molecule has 0 radical (unpaired) electrons. The van der Waals surface area contributed by atoms with Crippen LogP contribution in [0.4, 0.5) is 17.6 Å². The van der Waals surface area contributed by atoms with Crippen molar-refractivity contribution in [2.45, 2.75) is 64.5 Å². The van der Waals surface area contributed by atoms with Crippen molar-refractivity contribution in [3.05, 3.63) is 90.1 Å². The molecule has 9 heteroatoms. The van der Waals surface area contributed by atoms with Gasteiger partial charge in [-0.15, -0.1) is 0 Å². The smallest absolute Gasteiger partial charge is 0.419 e. The fourth-order valence-corrected chi connectivity index (χ4v) is 5.73. The van der Waals surface area contributed by atoms with Gasteiger partial charge in [-0.1, -0.05) is 33.1 Å². The maximum absolute atomic E-state index is 13.7. The van der Waals surface area contributed by atoms with Crippen LogP contribution in [0.2, 0.25) is 0 Å². The van der Waals surface area contributed by atoms with Crippen molar-refractivity contribution in [3.8, 4) is 34.2 Å². The lowest BCUT2D eigenvalue weighted by Gasteiger charge is -2.22. The highest BCUT2D eigenvalue weighted by Gasteiger charge is 2.34. The molecule has 1 saturated carbocycles. The first kappa shape index (κ1) is 31.6. The quantitative estimate of drug-likeness (QED) is 0.118. The molecule has 1 aromatic heterocycles. The average molecular weight is 610 g/mol. The topological polar surface area (TPSA) is 39.5 Å². The zero-order valence-corrected chi connectivity index (χ0v) is 25.2. The van der Waals surface area contributed by atoms with E-state index < -0.39 is 17.6 Å². The SMILES string of the molecule is CCN(CC)CCCOc1ccc(-c2cn(-c3ccc(Oc4ccc(F)c(C(F)(F)F)c4)cc3)c(C3CCCCC3)n2)cc1. The minimum absolute atomic E-state index is 0.0874. The van der Waals surface area contributed by atoms with Crippen molar-refractivity contribution in [1.29, 1.82) is 0 Å². The predicted octanol–water partition coefficient (Wildman–Crippen LogP) is 9.65. The highest BCUT2D eigenvalue weighted by Crippen LogP contribution is 2.37. The lowest BCUT2D eigenvalue weighted by molar-refractivity contribution is -0.140. The zero-order chi connectivity index (χ0) is 31.1. The van der Waals surface area contributed by atoms with Gasteiger partial charge < -0.3 is 18.9 Å². The summed E-state index contributed by atoms with van der Waals surface area (Å²) in [5.74, 6) is 1.09. The molecular formula is C35H39F4N3O2. The Morgan fingerprint density at radius 2 is 1.52 bits per heavy atom. The van der Waals surface area contributed by atoms with Gasteiger partial charge in [-0.25, -0.2) is 9.37 Å². The molecule has 0 atom stereocenters. The first-order chi connectivity index (χ1) is 21.2. The fourth-order valence-electron chi connectivity index (χ4n) is 5.73. The van der Waals surface area contributed by atoms with Crippen molar-refractivity contribution in [1.82, 2.24) is 14.5 Å². The molecule has 44 heavy (non-hydrogen) atoms. The number of benzene rings is 3. The van der Waals surface area contributed by atoms with E-state index in [2.05, 4.69) is 23.3 Å². The number of rotatable bonds is 12. The molecule has 0 spiro atoms. The summed E-state index contributed by atoms with van der Waals surface area (Å²) < 4.78 is 66.8. The Hall–Kier alpha value is -3.85. The third-order valence-electron chi connectivity index (χ3n) is 8.23. The Bertz CT molecular complexity index is 1490. The molecule has 0 unspecified atom stereocenters. The van der Waals surface area contributed by atoms with Gasteiger partial charge in [0.1, 0.15) is 28.9 Å². The average Bonchev–Trinajstić information content (AvgIpc) is 3.48. The summed E-state index contributed by atoms with van der Waals surface area (Å²) in [7, 11) is 0. The van der Waals surface area contributed by atoms with E-state index in [4.69, 9.17) is 14.5 Å². The second kappa shape index (κ2) is 14.3. The van der Waals surface area contributed by atoms with Gasteiger partial charge >= 0.3 is 6.18 Å². The Kier molecular flexibility index (Phi) is 10.3. The van der Waals surface area contributed by atoms with Gasteiger partial charge in [-0.05, 0) is 99.1 Å². The van der Waals surface area contributed by atoms with Gasteiger partial charge in [0, 0.05) is 29.9 Å². The second-order valence-corrected chi connectivity index (χ2v) is 11.2. The Balaban J connectivity index is 1.33. The molecular weight excluding hydrogens is 570 g/mol. The van der Waals surface area contributed by atoms with Crippen LogP contribution in [0.5, 0.6) is 17.2 Å². The van der Waals surface area contributed by atoms with Crippen LogP contribution >= 0.6 is 0 Å². The lowest BCUT2D eigenvalue weighted by Crippen LogP contribution is -2.25. The van der Waals surface area contributed by atoms with Crippen LogP contribution < -0.4 is 9.47 Å². The summed E-state index contributed by atoms with van der Waals surface area (Å²) in [5.41, 5.74) is 1.38. The van der Waals surface area contributed by atoms with E-state index in [9.17, 15) is 17.6 Å². The number of ether oxygens (including phenoxy) is 2. The summed E-state index contributed by atoms with van der Waals surface area (Å²) >= 11 is 0. The van der Waals surface area contributed by atoms with Gasteiger partial charge in [-0.3, -0.25) is 0 Å². The molecule has 5 nitrogen and oxygen atoms in total. The van der Waals surface area contributed by atoms with Crippen LogP contribution in [0.25, 0.3) is 16.9 Å². The summed E-state index contributed by atoms with van der Waals surface area (Å²) in [5, 5.41) is 0. The maximum Gasteiger partial charge on any atom is 0.419 e. The number of alkyl halides is 3. The van der Waals surface area contributed by atoms with E-state index in [1.165, 1.54) is 12.5 Å². The van der Waals surface area contributed by atoms with Crippen LogP contribution in [0.15, 0.2) is 72.9 Å². The lowest BCUT2D eigenvalue weighted by atomic mass is 9.88. The van der Waals surface area contributed by atoms with Crippen molar-refractivity contribution in [2.24, 2.45) is 0 Å². The van der Waals surface area contributed by atoms with Crippen molar-refractivity contribution >= 4 is 0 Å². The monoisotopic (exact) mass is 609 g/mol. The molecule has 1 heterocycles. The molecule has 0 amide bonds. The van der Waals surface area contributed by atoms with Gasteiger partial charge in [-0.2, -0.15) is 13.2 Å². The standard InChI is InChI=1S/C35H39F4N3O2/c1-3-41(4-2)21-8-22-43-28-15-11-25(12-16-28)33-24-42(34(40-33)26-9-6-5-7-10-26)27-13-17-29(18-14-27)44-30-19-20-32(36)31(23-30)35(37,38)39/h11-20,23-24,26H,3-10,21-22H2,1-2H3. The van der Waals surface area contributed by atoms with Crippen LogP contribution in [0.3, 0.4) is 0 Å². The molecule has 3 aromatic carbocycles. The molecule has 5 rings (SSSR count). The molecule has 0 bridgehead atoms. The predicted molar refractivity (Wildman–Crippen MR) is 164 cm³/mol. The third kappa shape index (κ3) is 7.80. The van der Waals surface area contributed by atoms with Crippen LogP contribution in [0, 0.1) is 5.82 Å². The van der Waals surface area contributed by atoms with Gasteiger partial charge in [0.05, 0.1) is 17.9 Å². The summed E-state index contributed by atoms with van der Waals surface area (Å²) in [6.45, 7) is 8.11. The normalized spacial score (nSPS) is 14.2. The van der Waals surface area contributed by atoms with E-state index in [1.54, 1.807) is 12.1 Å². The van der Waals surface area contributed by atoms with Crippen molar-refractivity contribution in [2.75, 3.05) is 26.2 Å². The molecule has 1 aliphatic carbocycles. The Morgan fingerprint density at radius 1 is 0.864 bits per heavy atom. The second-order valence-electron chi connectivity index (χ2n) is 11.2. The molecule has 0 aliphatic heterocycles. The van der Waals surface area contributed by atoms with Crippen LogP contribution in [0.1, 0.15) is 69.7 Å². The van der Waals surface area contributed by atoms with E-state index in [1.807, 2.05) is 42.6 Å². The number of aromatic nitrogens is 2. The first-order valence-corrected chi connectivity index (χ1v) is 15.4. The minimum atomic E-state index is -4.81. The fraction of sp³-hybridized carbons (Fsp3) is 0.400. The molecule has 234 valence electrons. The molecule has 1 fully saturated rings. The van der Waals surface area contributed by atoms with Gasteiger partial charge in [0.2, 0.25) is 0 Å². The number of hydrogen-bond donors (Lipinski definition) is 0. The van der Waals surface area contributed by atoms with E-state index in [0.29, 0.717) is 24.3 Å². The number of imidazole rings is 1. The summed E-state index contributed by atoms with van der Waals surface area (Å²) in [6.07, 6.45) is 3.91. The third-order valence-corrected chi connectivity index (χ3v) is 8.23. The minimum Gasteiger partial charge on any atom is -0.494 e. The van der Waals surface area contributed by atoms with E-state index >= 15 is 0 Å². The number of nitrogens with zero attached hydrogens (tertiary/aromatic N) is 3. The highest BCUT2D eigenvalue weighted by atomic mass is 19.4. The largest absolute Gasteiger partial charge is 0.494 e. The van der Waals surface area contributed by atoms with Crippen LogP contribution in [-0.4, -0.2) is 40.7 Å². The summed E-state index contributed by atoms with van der Waals surface area (Å²) in [6, 6.07) is 17.8. The number of halogens is 4. The van der Waals surface area contributed by atoms with Crippen molar-refractivity contribution < 1.29 is 27.0 Å². The van der Waals surface area contributed by atoms with Crippen molar-refractivity contribution in [3.63, 3.8) is 0 Å².